The van der Waals surface area contributed by atoms with Crippen LogP contribution in [0, 0.1) is 5.41 Å². The van der Waals surface area contributed by atoms with Crippen molar-refractivity contribution in [2.75, 3.05) is 26.6 Å². The van der Waals surface area contributed by atoms with Crippen molar-refractivity contribution < 1.29 is 14.3 Å². The number of nitrogens with one attached hydrogen (secondary N) is 2. The number of carbonyl (C=O) groups is 1. The second kappa shape index (κ2) is 10.9. The molecule has 4 aromatic rings. The molecule has 35 heavy (non-hydrogen) atoms. The molecule has 0 spiro atoms. The smallest absolute Gasteiger partial charge is 0.212 e. The molecule has 4 rings (SSSR count). The van der Waals surface area contributed by atoms with Crippen LogP contribution in [0.25, 0.3) is 10.2 Å². The molecule has 0 saturated heterocycles. The van der Waals surface area contributed by atoms with Gasteiger partial charge in [0.2, 0.25) is 11.7 Å². The summed E-state index contributed by atoms with van der Waals surface area (Å²) >= 11 is 1.54. The average molecular weight is 488 g/mol. The fourth-order valence-corrected chi connectivity index (χ4v) is 4.38. The van der Waals surface area contributed by atoms with Gasteiger partial charge in [-0.1, -0.05) is 12.1 Å². The Hall–Kier alpha value is -4.11. The van der Waals surface area contributed by atoms with E-state index in [1.807, 2.05) is 36.4 Å². The number of pyridine rings is 1. The maximum atomic E-state index is 13.8. The van der Waals surface area contributed by atoms with Gasteiger partial charge in [-0.2, -0.15) is 0 Å². The first-order chi connectivity index (χ1) is 17.0. The van der Waals surface area contributed by atoms with Crippen molar-refractivity contribution in [2.24, 2.45) is 4.99 Å². The number of fused-ring (bicyclic) bond motifs is 1. The summed E-state index contributed by atoms with van der Waals surface area (Å²) in [7, 11) is 4.74. The lowest BCUT2D eigenvalue weighted by molar-refractivity contribution is -0.113. The second-order valence-electron chi connectivity index (χ2n) is 7.69. The fraction of sp³-hybridized carbons (Fsp3) is 0.192. The van der Waals surface area contributed by atoms with Gasteiger partial charge in [0.1, 0.15) is 11.8 Å². The van der Waals surface area contributed by atoms with Crippen molar-refractivity contribution in [1.29, 1.82) is 5.41 Å². The predicted octanol–water partition coefficient (Wildman–Crippen LogP) is 4.93. The van der Waals surface area contributed by atoms with Gasteiger partial charge in [0.05, 0.1) is 41.6 Å². The molecule has 8 nitrogen and oxygen atoms in total. The number of ether oxygens (including phenoxy) is 2. The largest absolute Gasteiger partial charge is 0.497 e. The Kier molecular flexibility index (Phi) is 7.47. The summed E-state index contributed by atoms with van der Waals surface area (Å²) in [6, 6.07) is 15.6. The quantitative estimate of drug-likeness (QED) is 0.307. The summed E-state index contributed by atoms with van der Waals surface area (Å²) in [5, 5.41) is 12.2. The lowest BCUT2D eigenvalue weighted by atomic mass is 9.88. The molecule has 0 aliphatic carbocycles. The molecule has 2 unspecified atom stereocenters. The summed E-state index contributed by atoms with van der Waals surface area (Å²) in [6.45, 7) is 0. The summed E-state index contributed by atoms with van der Waals surface area (Å²) in [5.41, 5.74) is 4.56. The van der Waals surface area contributed by atoms with E-state index in [4.69, 9.17) is 14.9 Å². The van der Waals surface area contributed by atoms with Gasteiger partial charge in [0, 0.05) is 42.8 Å². The van der Waals surface area contributed by atoms with E-state index in [-0.39, 0.29) is 5.71 Å². The highest BCUT2D eigenvalue weighted by molar-refractivity contribution is 7.16. The molecule has 2 atom stereocenters. The summed E-state index contributed by atoms with van der Waals surface area (Å²) < 4.78 is 11.5. The second-order valence-corrected chi connectivity index (χ2v) is 8.57. The monoisotopic (exact) mass is 487 g/mol. The Morgan fingerprint density at radius 2 is 1.91 bits per heavy atom. The number of aromatic nitrogens is 2. The van der Waals surface area contributed by atoms with Gasteiger partial charge in [0.15, 0.2) is 0 Å². The van der Waals surface area contributed by atoms with E-state index < -0.39 is 17.7 Å². The van der Waals surface area contributed by atoms with Crippen molar-refractivity contribution in [3.63, 3.8) is 0 Å². The molecular weight excluding hydrogens is 462 g/mol. The zero-order valence-corrected chi connectivity index (χ0v) is 20.4. The van der Waals surface area contributed by atoms with E-state index in [1.54, 1.807) is 61.6 Å². The lowest BCUT2D eigenvalue weighted by Gasteiger charge is -2.22. The number of hydrogen-bond donors (Lipinski definition) is 2. The number of thiazole rings is 1. The minimum absolute atomic E-state index is 0.0959. The van der Waals surface area contributed by atoms with E-state index in [2.05, 4.69) is 20.3 Å². The first-order valence-corrected chi connectivity index (χ1v) is 11.7. The highest BCUT2D eigenvalue weighted by Crippen LogP contribution is 2.28. The molecule has 0 amide bonds. The molecule has 0 aliphatic heterocycles. The van der Waals surface area contributed by atoms with Gasteiger partial charge in [-0.05, 0) is 35.9 Å². The van der Waals surface area contributed by atoms with Crippen molar-refractivity contribution >= 4 is 45.0 Å². The zero-order chi connectivity index (χ0) is 24.8. The first kappa shape index (κ1) is 24.0. The third-order valence-electron chi connectivity index (χ3n) is 5.53. The van der Waals surface area contributed by atoms with Gasteiger partial charge in [-0.3, -0.25) is 9.79 Å². The Labute approximate surface area is 207 Å². The van der Waals surface area contributed by atoms with Crippen LogP contribution in [-0.4, -0.2) is 48.9 Å². The summed E-state index contributed by atoms with van der Waals surface area (Å²) in [5.74, 6) is 0.0585. The van der Waals surface area contributed by atoms with Crippen LogP contribution in [0.2, 0.25) is 0 Å². The summed E-state index contributed by atoms with van der Waals surface area (Å²) in [4.78, 5) is 26.6. The number of benzene rings is 2. The van der Waals surface area contributed by atoms with Crippen molar-refractivity contribution in [2.45, 2.75) is 12.0 Å². The first-order valence-electron chi connectivity index (χ1n) is 10.8. The zero-order valence-electron chi connectivity index (χ0n) is 19.6. The average Bonchev–Trinajstić information content (AvgIpc) is 3.38. The van der Waals surface area contributed by atoms with E-state index >= 15 is 0 Å². The number of anilines is 1. The molecule has 9 heteroatoms. The third-order valence-corrected chi connectivity index (χ3v) is 6.34. The van der Waals surface area contributed by atoms with Crippen LogP contribution < -0.4 is 14.8 Å². The van der Waals surface area contributed by atoms with Gasteiger partial charge < -0.3 is 20.2 Å². The highest BCUT2D eigenvalue weighted by atomic mass is 32.1. The molecule has 0 fully saturated rings. The van der Waals surface area contributed by atoms with Crippen LogP contribution in [0.1, 0.15) is 23.1 Å². The predicted molar refractivity (Wildman–Crippen MR) is 140 cm³/mol. The van der Waals surface area contributed by atoms with Crippen molar-refractivity contribution in [3.05, 3.63) is 77.4 Å². The third kappa shape index (κ3) is 5.36. The SMILES string of the molecule is CN=CC(C(=N)C(=O)C(Nc1cccc(OC)c1)c1ccc(OC)nc1)c1ccc2scnc2c1. The number of methoxy groups -OCH3 is 2. The lowest BCUT2D eigenvalue weighted by Crippen LogP contribution is -2.32. The number of nitrogens with zero attached hydrogens (tertiary/aromatic N) is 3. The van der Waals surface area contributed by atoms with E-state index in [1.165, 1.54) is 7.11 Å². The Balaban J connectivity index is 1.70. The van der Waals surface area contributed by atoms with Crippen LogP contribution >= 0.6 is 11.3 Å². The van der Waals surface area contributed by atoms with Gasteiger partial charge in [-0.15, -0.1) is 11.3 Å². The Morgan fingerprint density at radius 3 is 2.63 bits per heavy atom. The number of ketones is 1. The Morgan fingerprint density at radius 1 is 1.09 bits per heavy atom. The maximum Gasteiger partial charge on any atom is 0.212 e. The number of hydrogen-bond acceptors (Lipinski definition) is 9. The fourth-order valence-electron chi connectivity index (χ4n) is 3.72. The minimum Gasteiger partial charge on any atom is -0.497 e. The van der Waals surface area contributed by atoms with Gasteiger partial charge in [0.25, 0.3) is 0 Å². The molecule has 2 N–H and O–H groups in total. The number of rotatable bonds is 10. The van der Waals surface area contributed by atoms with E-state index in [0.717, 1.165) is 15.8 Å². The summed E-state index contributed by atoms with van der Waals surface area (Å²) in [6.07, 6.45) is 3.19. The topological polar surface area (TPSA) is 110 Å². The molecular formula is C26H25N5O3S. The van der Waals surface area contributed by atoms with E-state index in [9.17, 15) is 4.79 Å². The van der Waals surface area contributed by atoms with Crippen LogP contribution in [0.15, 0.2) is 71.3 Å². The molecule has 2 aromatic carbocycles. The molecule has 178 valence electrons. The van der Waals surface area contributed by atoms with Gasteiger partial charge in [-0.25, -0.2) is 9.97 Å². The number of Topliss-reactive ketones (excluding diaryl/α,β-unsaturated/α-hetero) is 1. The van der Waals surface area contributed by atoms with Crippen molar-refractivity contribution in [3.8, 4) is 11.6 Å². The molecule has 0 radical (unpaired) electrons. The normalized spacial score (nSPS) is 12.9. The van der Waals surface area contributed by atoms with Gasteiger partial charge >= 0.3 is 0 Å². The van der Waals surface area contributed by atoms with Crippen LogP contribution in [0.5, 0.6) is 11.6 Å². The Bertz CT molecular complexity index is 1370. The van der Waals surface area contributed by atoms with Crippen molar-refractivity contribution in [1.82, 2.24) is 9.97 Å². The maximum absolute atomic E-state index is 13.8. The van der Waals surface area contributed by atoms with Crippen LogP contribution in [-0.2, 0) is 4.79 Å². The van der Waals surface area contributed by atoms with E-state index in [0.29, 0.717) is 22.9 Å². The molecule has 0 aliphatic rings. The molecule has 2 heterocycles. The number of aliphatic imine (C=N–C) groups is 1. The molecule has 0 bridgehead atoms. The molecule has 0 saturated carbocycles. The molecule has 2 aromatic heterocycles. The van der Waals surface area contributed by atoms with Crippen LogP contribution in [0.4, 0.5) is 5.69 Å². The standard InChI is InChI=1S/C26H25N5O3S/c1-28-14-20(16-7-9-22-21(11-16)30-15-35-22)24(27)26(32)25(17-8-10-23(34-3)29-13-17)31-18-5-4-6-19(12-18)33-2/h4-15,20,25,27,31H,1-3H3. The van der Waals surface area contributed by atoms with Crippen LogP contribution in [0.3, 0.4) is 0 Å². The number of carbonyl (C=O) groups excluding carboxylic acids is 1. The highest BCUT2D eigenvalue weighted by Gasteiger charge is 2.30. The minimum atomic E-state index is -0.858.